The summed E-state index contributed by atoms with van der Waals surface area (Å²) in [5.41, 5.74) is 2.76. The van der Waals surface area contributed by atoms with Gasteiger partial charge in [0.2, 0.25) is 0 Å². The van der Waals surface area contributed by atoms with E-state index in [0.29, 0.717) is 41.2 Å². The van der Waals surface area contributed by atoms with Crippen molar-refractivity contribution in [2.45, 2.75) is 0 Å². The van der Waals surface area contributed by atoms with E-state index in [2.05, 4.69) is 25.8 Å². The molecule has 140 valence electrons. The maximum Gasteiger partial charge on any atom is 0.275 e. The molecule has 1 amide bonds. The topological polar surface area (TPSA) is 101 Å². The molecule has 1 aliphatic rings. The number of nitrogens with one attached hydrogen (secondary N) is 3. The molecule has 1 aliphatic heterocycles. The Morgan fingerprint density at radius 2 is 2.04 bits per heavy atom. The lowest BCUT2D eigenvalue weighted by atomic mass is 10.2. The Labute approximate surface area is 163 Å². The summed E-state index contributed by atoms with van der Waals surface area (Å²) in [4.78, 5) is 16.9. The zero-order chi connectivity index (χ0) is 18.9. The average Bonchev–Trinajstić information content (AvgIpc) is 3.38. The second-order valence-electron chi connectivity index (χ2n) is 6.11. The van der Waals surface area contributed by atoms with E-state index in [1.54, 1.807) is 29.8 Å². The summed E-state index contributed by atoms with van der Waals surface area (Å²) in [5, 5.41) is 16.4. The number of hydrogen-bond acceptors (Lipinski definition) is 7. The third-order valence-electron chi connectivity index (χ3n) is 4.26. The first kappa shape index (κ1) is 16.6. The molecule has 0 unspecified atom stereocenters. The first-order valence-electron chi connectivity index (χ1n) is 8.62. The molecular weight excluding hydrogens is 378 g/mol. The summed E-state index contributed by atoms with van der Waals surface area (Å²) in [5.74, 6) is 1.01. The van der Waals surface area contributed by atoms with E-state index in [0.717, 1.165) is 16.6 Å². The number of aromatic nitrogens is 3. The average molecular weight is 393 g/mol. The Hall–Kier alpha value is -3.59. The molecule has 9 heteroatoms. The Morgan fingerprint density at radius 1 is 1.14 bits per heavy atom. The van der Waals surface area contributed by atoms with Gasteiger partial charge in [0.25, 0.3) is 5.91 Å². The lowest BCUT2D eigenvalue weighted by Gasteiger charge is -2.18. The predicted molar refractivity (Wildman–Crippen MR) is 107 cm³/mol. The number of nitrogens with zero attached hydrogens (tertiary/aromatic N) is 2. The molecule has 28 heavy (non-hydrogen) atoms. The van der Waals surface area contributed by atoms with Gasteiger partial charge in [0.05, 0.1) is 17.4 Å². The van der Waals surface area contributed by atoms with Gasteiger partial charge in [-0.3, -0.25) is 9.89 Å². The molecule has 0 bridgehead atoms. The summed E-state index contributed by atoms with van der Waals surface area (Å²) in [6.45, 7) is 1.02. The Balaban J connectivity index is 1.32. The second kappa shape index (κ2) is 6.86. The van der Waals surface area contributed by atoms with Gasteiger partial charge in [-0.1, -0.05) is 6.07 Å². The minimum absolute atomic E-state index is 0.289. The first-order chi connectivity index (χ1) is 13.8. The SMILES string of the molecule is O=C(Nc1ccc2c(c1)OCCO2)c1csc(Nc2cccc3[nH]ncc23)n1. The number of rotatable bonds is 4. The molecule has 8 nitrogen and oxygen atoms in total. The fourth-order valence-electron chi connectivity index (χ4n) is 2.94. The fraction of sp³-hybridized carbons (Fsp3) is 0.105. The van der Waals surface area contributed by atoms with Crippen molar-refractivity contribution in [2.75, 3.05) is 23.8 Å². The third-order valence-corrected chi connectivity index (χ3v) is 5.02. The van der Waals surface area contributed by atoms with Crippen LogP contribution in [-0.4, -0.2) is 34.3 Å². The number of carbonyl (C=O) groups excluding carboxylic acids is 1. The van der Waals surface area contributed by atoms with Crippen LogP contribution in [0.5, 0.6) is 11.5 Å². The van der Waals surface area contributed by atoms with Crippen LogP contribution in [0.4, 0.5) is 16.5 Å². The highest BCUT2D eigenvalue weighted by Crippen LogP contribution is 2.33. The van der Waals surface area contributed by atoms with Gasteiger partial charge in [-0.25, -0.2) is 4.98 Å². The van der Waals surface area contributed by atoms with Gasteiger partial charge in [-0.15, -0.1) is 11.3 Å². The van der Waals surface area contributed by atoms with Gasteiger partial charge in [-0.05, 0) is 24.3 Å². The smallest absolute Gasteiger partial charge is 0.275 e. The molecule has 0 fully saturated rings. The van der Waals surface area contributed by atoms with E-state index in [9.17, 15) is 4.79 Å². The van der Waals surface area contributed by atoms with Crippen molar-refractivity contribution >= 4 is 44.7 Å². The molecule has 0 atom stereocenters. The van der Waals surface area contributed by atoms with Crippen molar-refractivity contribution in [3.05, 3.63) is 53.7 Å². The minimum Gasteiger partial charge on any atom is -0.486 e. The van der Waals surface area contributed by atoms with Crippen LogP contribution in [0.2, 0.25) is 0 Å². The van der Waals surface area contributed by atoms with E-state index < -0.39 is 0 Å². The molecule has 0 spiro atoms. The highest BCUT2D eigenvalue weighted by Gasteiger charge is 2.15. The molecule has 3 heterocycles. The van der Waals surface area contributed by atoms with E-state index in [4.69, 9.17) is 9.47 Å². The number of ether oxygens (including phenoxy) is 2. The van der Waals surface area contributed by atoms with Crippen molar-refractivity contribution < 1.29 is 14.3 Å². The summed E-state index contributed by atoms with van der Waals surface area (Å²) in [7, 11) is 0. The molecule has 2 aromatic carbocycles. The fourth-order valence-corrected chi connectivity index (χ4v) is 3.65. The highest BCUT2D eigenvalue weighted by atomic mass is 32.1. The second-order valence-corrected chi connectivity index (χ2v) is 6.97. The maximum absolute atomic E-state index is 12.5. The van der Waals surface area contributed by atoms with E-state index >= 15 is 0 Å². The Bertz CT molecular complexity index is 1170. The maximum atomic E-state index is 12.5. The van der Waals surface area contributed by atoms with Crippen LogP contribution in [0.3, 0.4) is 0 Å². The number of aromatic amines is 1. The van der Waals surface area contributed by atoms with Crippen LogP contribution in [0.15, 0.2) is 48.0 Å². The standard InChI is InChI=1S/C19H15N5O3S/c25-18(21-11-4-5-16-17(8-11)27-7-6-26-16)15-10-28-19(23-15)22-13-2-1-3-14-12(13)9-20-24-14/h1-5,8-10H,6-7H2,(H,20,24)(H,21,25)(H,22,23). The molecule has 5 rings (SSSR count). The predicted octanol–water partition coefficient (Wildman–Crippen LogP) is 3.79. The van der Waals surface area contributed by atoms with Crippen molar-refractivity contribution in [1.29, 1.82) is 0 Å². The quantitative estimate of drug-likeness (QED) is 0.488. The van der Waals surface area contributed by atoms with Crippen LogP contribution in [0, 0.1) is 0 Å². The molecule has 3 N–H and O–H groups in total. The number of benzene rings is 2. The summed E-state index contributed by atoms with van der Waals surface area (Å²) < 4.78 is 11.0. The minimum atomic E-state index is -0.289. The number of anilines is 3. The van der Waals surface area contributed by atoms with Gasteiger partial charge in [0.15, 0.2) is 16.6 Å². The van der Waals surface area contributed by atoms with Crippen LogP contribution in [0.25, 0.3) is 10.9 Å². The molecule has 0 aliphatic carbocycles. The van der Waals surface area contributed by atoms with Crippen LogP contribution < -0.4 is 20.1 Å². The number of amides is 1. The molecule has 0 radical (unpaired) electrons. The van der Waals surface area contributed by atoms with Crippen LogP contribution >= 0.6 is 11.3 Å². The molecule has 4 aromatic rings. The first-order valence-corrected chi connectivity index (χ1v) is 9.50. The monoisotopic (exact) mass is 393 g/mol. The van der Waals surface area contributed by atoms with E-state index in [1.807, 2.05) is 18.2 Å². The number of hydrogen-bond donors (Lipinski definition) is 3. The molecule has 0 saturated heterocycles. The number of H-pyrrole nitrogens is 1. The number of fused-ring (bicyclic) bond motifs is 2. The zero-order valence-electron chi connectivity index (χ0n) is 14.6. The molecule has 0 saturated carbocycles. The van der Waals surface area contributed by atoms with Gasteiger partial charge in [0.1, 0.15) is 18.9 Å². The summed E-state index contributed by atoms with van der Waals surface area (Å²) >= 11 is 1.36. The highest BCUT2D eigenvalue weighted by molar-refractivity contribution is 7.14. The summed E-state index contributed by atoms with van der Waals surface area (Å²) in [6, 6.07) is 11.1. The van der Waals surface area contributed by atoms with Gasteiger partial charge >= 0.3 is 0 Å². The Morgan fingerprint density at radius 3 is 2.96 bits per heavy atom. The van der Waals surface area contributed by atoms with Crippen molar-refractivity contribution in [3.63, 3.8) is 0 Å². The Kier molecular flexibility index (Phi) is 4.06. The van der Waals surface area contributed by atoms with E-state index in [1.165, 1.54) is 11.3 Å². The zero-order valence-corrected chi connectivity index (χ0v) is 15.4. The van der Waals surface area contributed by atoms with Gasteiger partial charge in [-0.2, -0.15) is 5.10 Å². The van der Waals surface area contributed by atoms with Crippen molar-refractivity contribution in [3.8, 4) is 11.5 Å². The van der Waals surface area contributed by atoms with Crippen molar-refractivity contribution in [2.24, 2.45) is 0 Å². The molecular formula is C19H15N5O3S. The van der Waals surface area contributed by atoms with Gasteiger partial charge in [0, 0.05) is 22.5 Å². The van der Waals surface area contributed by atoms with E-state index in [-0.39, 0.29) is 5.91 Å². The lowest BCUT2D eigenvalue weighted by Crippen LogP contribution is -2.16. The normalized spacial score (nSPS) is 12.7. The lowest BCUT2D eigenvalue weighted by molar-refractivity contribution is 0.102. The number of thiazole rings is 1. The third kappa shape index (κ3) is 3.12. The molecule has 2 aromatic heterocycles. The van der Waals surface area contributed by atoms with Crippen LogP contribution in [-0.2, 0) is 0 Å². The van der Waals surface area contributed by atoms with Crippen molar-refractivity contribution in [1.82, 2.24) is 15.2 Å². The largest absolute Gasteiger partial charge is 0.486 e. The van der Waals surface area contributed by atoms with Gasteiger partial charge < -0.3 is 20.1 Å². The summed E-state index contributed by atoms with van der Waals surface area (Å²) in [6.07, 6.45) is 1.75. The van der Waals surface area contributed by atoms with Crippen LogP contribution in [0.1, 0.15) is 10.5 Å². The number of carbonyl (C=O) groups is 1.